The van der Waals surface area contributed by atoms with E-state index in [1.165, 1.54) is 94.6 Å². The molecule has 1 aliphatic carbocycles. The smallest absolute Gasteiger partial charge is 0.0470 e. The summed E-state index contributed by atoms with van der Waals surface area (Å²) in [5.74, 6) is 0. The second-order valence-electron chi connectivity index (χ2n) is 26.6. The Labute approximate surface area is 434 Å². The second-order valence-corrected chi connectivity index (χ2v) is 26.6. The molecule has 1 heteroatoms. The van der Waals surface area contributed by atoms with Crippen molar-refractivity contribution in [3.05, 3.63) is 209 Å². The average molecular weight is 946 g/mol. The molecule has 0 fully saturated rings. The quantitative estimate of drug-likeness (QED) is 0.154. The first-order valence-electron chi connectivity index (χ1n) is 26.4. The van der Waals surface area contributed by atoms with Gasteiger partial charge in [-0.05, 0) is 170 Å². The number of nitrogens with zero attached hydrogens (tertiary/aromatic N) is 1. The van der Waals surface area contributed by atoms with E-state index >= 15 is 0 Å². The van der Waals surface area contributed by atoms with E-state index in [2.05, 4.69) is 292 Å². The summed E-state index contributed by atoms with van der Waals surface area (Å²) in [7, 11) is 0. The molecular weight excluding hydrogens is 867 g/mol. The molecule has 0 heterocycles. The SMILES string of the molecule is CC(C)(C)c1cc(-c2cc(-c3cc(C(C)(C)C)cc(C(C)(C)C)c3)cc(C(C)(C)C)c2)cc(-c2cc(N(c3ccc(-c4ccccc4)cc3)c3ccc4c(c3)C(C)(C)c3ccccc3-4)cc(C(C)(C)C)c2)c1. The number of hydrogen-bond acceptors (Lipinski definition) is 1. The van der Waals surface area contributed by atoms with Gasteiger partial charge >= 0.3 is 0 Å². The third-order valence-electron chi connectivity index (χ3n) is 15.4. The van der Waals surface area contributed by atoms with Crippen LogP contribution in [0.2, 0.25) is 0 Å². The maximum Gasteiger partial charge on any atom is 0.0470 e. The first-order valence-corrected chi connectivity index (χ1v) is 26.4. The lowest BCUT2D eigenvalue weighted by atomic mass is 9.77. The van der Waals surface area contributed by atoms with E-state index in [-0.39, 0.29) is 32.5 Å². The van der Waals surface area contributed by atoms with E-state index in [4.69, 9.17) is 0 Å². The van der Waals surface area contributed by atoms with Gasteiger partial charge in [-0.2, -0.15) is 0 Å². The summed E-state index contributed by atoms with van der Waals surface area (Å²) in [6, 6.07) is 65.4. The fourth-order valence-electron chi connectivity index (χ4n) is 10.5. The minimum atomic E-state index is -0.137. The van der Waals surface area contributed by atoms with Crippen LogP contribution in [0.1, 0.15) is 157 Å². The van der Waals surface area contributed by atoms with Crippen LogP contribution in [-0.4, -0.2) is 0 Å². The van der Waals surface area contributed by atoms with Crippen LogP contribution in [-0.2, 0) is 32.5 Å². The summed E-state index contributed by atoms with van der Waals surface area (Å²) in [6.45, 7) is 39.9. The minimum Gasteiger partial charge on any atom is -0.310 e. The highest BCUT2D eigenvalue weighted by atomic mass is 15.1. The maximum atomic E-state index is 2.50. The summed E-state index contributed by atoms with van der Waals surface area (Å²) < 4.78 is 0. The Kier molecular flexibility index (Phi) is 12.6. The molecule has 0 saturated carbocycles. The maximum absolute atomic E-state index is 2.50. The van der Waals surface area contributed by atoms with Crippen LogP contribution in [0, 0.1) is 0 Å². The zero-order chi connectivity index (χ0) is 51.9. The molecule has 1 nitrogen and oxygen atoms in total. The summed E-state index contributed by atoms with van der Waals surface area (Å²) in [4.78, 5) is 2.50. The molecule has 0 aromatic heterocycles. The van der Waals surface area contributed by atoms with Crippen LogP contribution < -0.4 is 4.90 Å². The molecule has 0 amide bonds. The normalized spacial score (nSPS) is 13.7. The van der Waals surface area contributed by atoms with Gasteiger partial charge in [0.1, 0.15) is 0 Å². The van der Waals surface area contributed by atoms with Crippen molar-refractivity contribution in [3.8, 4) is 55.6 Å². The van der Waals surface area contributed by atoms with Gasteiger partial charge in [0.05, 0.1) is 0 Å². The van der Waals surface area contributed by atoms with Crippen molar-refractivity contribution in [2.45, 2.75) is 150 Å². The van der Waals surface area contributed by atoms with Crippen LogP contribution in [0.15, 0.2) is 170 Å². The molecule has 0 atom stereocenters. The molecule has 9 rings (SSSR count). The molecule has 0 unspecified atom stereocenters. The molecule has 0 radical (unpaired) electrons. The van der Waals surface area contributed by atoms with Gasteiger partial charge in [0.2, 0.25) is 0 Å². The Bertz CT molecular complexity index is 3270. The molecule has 0 aliphatic heterocycles. The molecule has 8 aromatic carbocycles. The fraction of sp³-hybridized carbons (Fsp3) is 0.324. The molecule has 0 bridgehead atoms. The van der Waals surface area contributed by atoms with Crippen LogP contribution >= 0.6 is 0 Å². The number of benzene rings is 8. The Hall–Kier alpha value is -6.44. The van der Waals surface area contributed by atoms with Gasteiger partial charge < -0.3 is 4.90 Å². The molecule has 0 N–H and O–H groups in total. The van der Waals surface area contributed by atoms with E-state index in [1.54, 1.807) is 0 Å². The van der Waals surface area contributed by atoms with Crippen molar-refractivity contribution in [1.82, 2.24) is 0 Å². The molecule has 1 aliphatic rings. The zero-order valence-corrected chi connectivity index (χ0v) is 46.6. The van der Waals surface area contributed by atoms with Crippen molar-refractivity contribution in [3.63, 3.8) is 0 Å². The van der Waals surface area contributed by atoms with Crippen molar-refractivity contribution < 1.29 is 0 Å². The summed E-state index contributed by atoms with van der Waals surface area (Å²) in [5, 5.41) is 0. The highest BCUT2D eigenvalue weighted by Gasteiger charge is 2.36. The molecule has 8 aromatic rings. The minimum absolute atomic E-state index is 0.0149. The van der Waals surface area contributed by atoms with Crippen molar-refractivity contribution in [1.29, 1.82) is 0 Å². The van der Waals surface area contributed by atoms with Crippen molar-refractivity contribution in [2.75, 3.05) is 4.90 Å². The highest BCUT2D eigenvalue weighted by molar-refractivity contribution is 5.88. The van der Waals surface area contributed by atoms with Crippen LogP contribution in [0.25, 0.3) is 55.6 Å². The predicted octanol–water partition coefficient (Wildman–Crippen LogP) is 20.6. The van der Waals surface area contributed by atoms with Crippen LogP contribution in [0.5, 0.6) is 0 Å². The van der Waals surface area contributed by atoms with E-state index in [9.17, 15) is 0 Å². The summed E-state index contributed by atoms with van der Waals surface area (Å²) >= 11 is 0. The Balaban J connectivity index is 1.26. The van der Waals surface area contributed by atoms with Crippen LogP contribution in [0.3, 0.4) is 0 Å². The lowest BCUT2D eigenvalue weighted by Crippen LogP contribution is -2.17. The number of fused-ring (bicyclic) bond motifs is 3. The van der Waals surface area contributed by atoms with Gasteiger partial charge in [0.25, 0.3) is 0 Å². The molecule has 72 heavy (non-hydrogen) atoms. The molecule has 0 saturated heterocycles. The summed E-state index contributed by atoms with van der Waals surface area (Å²) in [5.41, 5.74) is 25.0. The number of anilines is 3. The Morgan fingerprint density at radius 3 is 1.10 bits per heavy atom. The largest absolute Gasteiger partial charge is 0.310 e. The van der Waals surface area contributed by atoms with Crippen molar-refractivity contribution >= 4 is 17.1 Å². The fourth-order valence-corrected chi connectivity index (χ4v) is 10.5. The van der Waals surface area contributed by atoms with E-state index in [0.29, 0.717) is 0 Å². The Morgan fingerprint density at radius 2 is 0.625 bits per heavy atom. The average Bonchev–Trinajstić information content (AvgIpc) is 3.55. The lowest BCUT2D eigenvalue weighted by Gasteiger charge is -2.31. The van der Waals surface area contributed by atoms with Gasteiger partial charge in [-0.25, -0.2) is 0 Å². The topological polar surface area (TPSA) is 3.24 Å². The Morgan fingerprint density at radius 1 is 0.264 bits per heavy atom. The number of hydrogen-bond donors (Lipinski definition) is 0. The van der Waals surface area contributed by atoms with Crippen molar-refractivity contribution in [2.24, 2.45) is 0 Å². The van der Waals surface area contributed by atoms with Gasteiger partial charge in [0.15, 0.2) is 0 Å². The lowest BCUT2D eigenvalue weighted by molar-refractivity contribution is 0.569. The summed E-state index contributed by atoms with van der Waals surface area (Å²) in [6.07, 6.45) is 0. The van der Waals surface area contributed by atoms with E-state index in [0.717, 1.165) is 17.1 Å². The molecule has 0 spiro atoms. The standard InChI is InChI=1S/C71H79N/c1-66(2,3)54-35-48(33-50(37-54)52-39-56(68(7,8)9)43-57(40-52)69(10,11)12)49-34-51(38-55(36-49)67(4,5)6)53-41-58(70(13,14)15)44-61(42-53)72(59-29-27-47(28-30-59)46-23-19-18-20-24-46)60-31-32-63-62-25-21-22-26-64(62)71(16,17)65(63)45-60/h18-45H,1-17H3. The van der Waals surface area contributed by atoms with E-state index in [1.807, 2.05) is 0 Å². The highest BCUT2D eigenvalue weighted by Crippen LogP contribution is 2.51. The first kappa shape index (κ1) is 50.5. The third-order valence-corrected chi connectivity index (χ3v) is 15.4. The van der Waals surface area contributed by atoms with Gasteiger partial charge in [0, 0.05) is 22.5 Å². The number of rotatable bonds is 7. The second kappa shape index (κ2) is 17.9. The van der Waals surface area contributed by atoms with Gasteiger partial charge in [-0.3, -0.25) is 0 Å². The van der Waals surface area contributed by atoms with Crippen LogP contribution in [0.4, 0.5) is 17.1 Å². The zero-order valence-electron chi connectivity index (χ0n) is 46.6. The van der Waals surface area contributed by atoms with Gasteiger partial charge in [-0.1, -0.05) is 239 Å². The van der Waals surface area contributed by atoms with Gasteiger partial charge in [-0.15, -0.1) is 0 Å². The van der Waals surface area contributed by atoms with E-state index < -0.39 is 0 Å². The predicted molar refractivity (Wildman–Crippen MR) is 314 cm³/mol. The first-order chi connectivity index (χ1) is 33.6. The third kappa shape index (κ3) is 10.0. The monoisotopic (exact) mass is 946 g/mol. The molecular formula is C71H79N. The molecule has 368 valence electrons.